The van der Waals surface area contributed by atoms with Gasteiger partial charge in [-0.3, -0.25) is 9.59 Å². The fourth-order valence-electron chi connectivity index (χ4n) is 2.86. The van der Waals surface area contributed by atoms with Gasteiger partial charge in [-0.1, -0.05) is 29.8 Å². The highest BCUT2D eigenvalue weighted by Gasteiger charge is 2.06. The van der Waals surface area contributed by atoms with E-state index in [0.29, 0.717) is 12.3 Å². The average molecular weight is 446 g/mol. The lowest BCUT2D eigenvalue weighted by atomic mass is 10.2. The molecule has 3 rings (SSSR count). The first kappa shape index (κ1) is 23.5. The average Bonchev–Trinajstić information content (AvgIpc) is 2.84. The van der Waals surface area contributed by atoms with Crippen LogP contribution < -0.4 is 20.2 Å². The lowest BCUT2D eigenvalue weighted by Crippen LogP contribution is -2.20. The molecule has 0 aliphatic heterocycles. The van der Waals surface area contributed by atoms with Crippen molar-refractivity contribution in [1.29, 1.82) is 0 Å². The number of hydrogen-bond acceptors (Lipinski definition) is 5. The summed E-state index contributed by atoms with van der Waals surface area (Å²) in [7, 11) is 1.63. The standard InChI is InChI=1S/C26H27N3O4/c1-19-3-9-22(10-4-19)28-25(30)15-16-26(31)29-27-17-20-5-13-24(14-6-20)33-18-21-7-11-23(32-2)12-8-21/h3-14,17H,15-16,18H2,1-2H3,(H,28,30)(H,29,31). The molecule has 7 heteroatoms. The third-order valence-corrected chi connectivity index (χ3v) is 4.76. The Balaban J connectivity index is 1.37. The zero-order chi connectivity index (χ0) is 23.5. The molecule has 170 valence electrons. The predicted molar refractivity (Wildman–Crippen MR) is 129 cm³/mol. The number of nitrogens with one attached hydrogen (secondary N) is 2. The Hall–Kier alpha value is -4.13. The van der Waals surface area contributed by atoms with Crippen LogP contribution in [0.5, 0.6) is 11.5 Å². The van der Waals surface area contributed by atoms with Gasteiger partial charge in [0.1, 0.15) is 18.1 Å². The van der Waals surface area contributed by atoms with Crippen molar-refractivity contribution in [2.75, 3.05) is 12.4 Å². The Kier molecular flexibility index (Phi) is 8.59. The molecule has 0 aliphatic rings. The molecule has 2 amide bonds. The topological polar surface area (TPSA) is 89.0 Å². The third kappa shape index (κ3) is 8.14. The molecule has 7 nitrogen and oxygen atoms in total. The van der Waals surface area contributed by atoms with Crippen molar-refractivity contribution in [3.8, 4) is 11.5 Å². The van der Waals surface area contributed by atoms with E-state index in [4.69, 9.17) is 9.47 Å². The molecule has 0 radical (unpaired) electrons. The van der Waals surface area contributed by atoms with Crippen LogP contribution in [0, 0.1) is 6.92 Å². The number of benzene rings is 3. The number of carbonyl (C=O) groups excluding carboxylic acids is 2. The number of hydrogen-bond donors (Lipinski definition) is 2. The second-order valence-electron chi connectivity index (χ2n) is 7.41. The largest absolute Gasteiger partial charge is 0.497 e. The van der Waals surface area contributed by atoms with Crippen LogP contribution in [-0.2, 0) is 16.2 Å². The summed E-state index contributed by atoms with van der Waals surface area (Å²) < 4.78 is 10.9. The van der Waals surface area contributed by atoms with Crippen LogP contribution in [0.1, 0.15) is 29.5 Å². The maximum Gasteiger partial charge on any atom is 0.240 e. The first-order chi connectivity index (χ1) is 16.0. The molecule has 0 bridgehead atoms. The molecule has 0 aromatic heterocycles. The van der Waals surface area contributed by atoms with Gasteiger partial charge in [0.25, 0.3) is 0 Å². The van der Waals surface area contributed by atoms with Crippen molar-refractivity contribution >= 4 is 23.7 Å². The minimum atomic E-state index is -0.329. The lowest BCUT2D eigenvalue weighted by molar-refractivity contribution is -0.124. The summed E-state index contributed by atoms with van der Waals surface area (Å²) in [6, 6.07) is 22.5. The molecule has 0 unspecified atom stereocenters. The zero-order valence-electron chi connectivity index (χ0n) is 18.7. The van der Waals surface area contributed by atoms with Gasteiger partial charge in [-0.05, 0) is 66.6 Å². The van der Waals surface area contributed by atoms with Crippen LogP contribution in [0.4, 0.5) is 5.69 Å². The predicted octanol–water partition coefficient (Wildman–Crippen LogP) is 4.45. The molecule has 0 saturated heterocycles. The number of anilines is 1. The first-order valence-corrected chi connectivity index (χ1v) is 10.6. The number of nitrogens with zero attached hydrogens (tertiary/aromatic N) is 1. The van der Waals surface area contributed by atoms with Crippen molar-refractivity contribution in [3.05, 3.63) is 89.5 Å². The molecular formula is C26H27N3O4. The molecule has 2 N–H and O–H groups in total. The van der Waals surface area contributed by atoms with Crippen molar-refractivity contribution < 1.29 is 19.1 Å². The van der Waals surface area contributed by atoms with E-state index in [2.05, 4.69) is 15.8 Å². The fraction of sp³-hybridized carbons (Fsp3) is 0.192. The molecular weight excluding hydrogens is 418 g/mol. The van der Waals surface area contributed by atoms with Gasteiger partial charge in [0, 0.05) is 18.5 Å². The van der Waals surface area contributed by atoms with Crippen molar-refractivity contribution in [3.63, 3.8) is 0 Å². The minimum Gasteiger partial charge on any atom is -0.497 e. The number of hydrazone groups is 1. The van der Waals surface area contributed by atoms with E-state index in [-0.39, 0.29) is 24.7 Å². The molecule has 0 atom stereocenters. The highest BCUT2D eigenvalue weighted by Crippen LogP contribution is 2.16. The van der Waals surface area contributed by atoms with Crippen molar-refractivity contribution in [2.24, 2.45) is 5.10 Å². The summed E-state index contributed by atoms with van der Waals surface area (Å²) in [6.45, 7) is 2.42. The Bertz CT molecular complexity index is 1080. The fourth-order valence-corrected chi connectivity index (χ4v) is 2.86. The number of methoxy groups -OCH3 is 1. The van der Waals surface area contributed by atoms with E-state index in [1.807, 2.05) is 79.7 Å². The van der Waals surface area contributed by atoms with E-state index >= 15 is 0 Å². The molecule has 3 aromatic rings. The van der Waals surface area contributed by atoms with Gasteiger partial charge in [0.2, 0.25) is 11.8 Å². The van der Waals surface area contributed by atoms with Gasteiger partial charge < -0.3 is 14.8 Å². The van der Waals surface area contributed by atoms with Gasteiger partial charge in [0.05, 0.1) is 13.3 Å². The monoisotopic (exact) mass is 445 g/mol. The van der Waals surface area contributed by atoms with E-state index < -0.39 is 0 Å². The Morgan fingerprint density at radius 2 is 1.48 bits per heavy atom. The summed E-state index contributed by atoms with van der Waals surface area (Å²) >= 11 is 0. The zero-order valence-corrected chi connectivity index (χ0v) is 18.7. The van der Waals surface area contributed by atoms with Crippen LogP contribution in [0.25, 0.3) is 0 Å². The van der Waals surface area contributed by atoms with Crippen LogP contribution in [0.3, 0.4) is 0 Å². The Morgan fingerprint density at radius 3 is 2.15 bits per heavy atom. The Labute approximate surface area is 193 Å². The number of rotatable bonds is 10. The van der Waals surface area contributed by atoms with Crippen LogP contribution in [0.15, 0.2) is 77.9 Å². The molecule has 33 heavy (non-hydrogen) atoms. The number of amides is 2. The smallest absolute Gasteiger partial charge is 0.240 e. The quantitative estimate of drug-likeness (QED) is 0.356. The van der Waals surface area contributed by atoms with Gasteiger partial charge in [-0.2, -0.15) is 5.10 Å². The van der Waals surface area contributed by atoms with E-state index in [9.17, 15) is 9.59 Å². The van der Waals surface area contributed by atoms with Gasteiger partial charge in [0.15, 0.2) is 0 Å². The maximum absolute atomic E-state index is 12.0. The highest BCUT2D eigenvalue weighted by molar-refractivity contribution is 5.93. The number of carbonyl (C=O) groups is 2. The summed E-state index contributed by atoms with van der Waals surface area (Å²) in [5.74, 6) is 0.986. The van der Waals surface area contributed by atoms with Crippen LogP contribution in [-0.4, -0.2) is 25.1 Å². The lowest BCUT2D eigenvalue weighted by Gasteiger charge is -2.07. The molecule has 0 aliphatic carbocycles. The number of ether oxygens (including phenoxy) is 2. The highest BCUT2D eigenvalue weighted by atomic mass is 16.5. The molecule has 0 fully saturated rings. The van der Waals surface area contributed by atoms with Gasteiger partial charge in [-0.15, -0.1) is 0 Å². The first-order valence-electron chi connectivity index (χ1n) is 10.6. The maximum atomic E-state index is 12.0. The normalized spacial score (nSPS) is 10.6. The third-order valence-electron chi connectivity index (χ3n) is 4.76. The van der Waals surface area contributed by atoms with Gasteiger partial charge >= 0.3 is 0 Å². The molecule has 0 heterocycles. The summed E-state index contributed by atoms with van der Waals surface area (Å²) in [5.41, 5.74) is 6.11. The Morgan fingerprint density at radius 1 is 0.848 bits per heavy atom. The van der Waals surface area contributed by atoms with Crippen molar-refractivity contribution in [1.82, 2.24) is 5.43 Å². The SMILES string of the molecule is COc1ccc(COc2ccc(C=NNC(=O)CCC(=O)Nc3ccc(C)cc3)cc2)cc1. The summed E-state index contributed by atoms with van der Waals surface area (Å²) in [6.07, 6.45) is 1.67. The number of aryl methyl sites for hydroxylation is 1. The molecule has 0 saturated carbocycles. The second-order valence-corrected chi connectivity index (χ2v) is 7.41. The second kappa shape index (κ2) is 12.0. The van der Waals surface area contributed by atoms with E-state index in [0.717, 1.165) is 28.2 Å². The van der Waals surface area contributed by atoms with Crippen LogP contribution in [0.2, 0.25) is 0 Å². The summed E-state index contributed by atoms with van der Waals surface area (Å²) in [5, 5.41) is 6.71. The molecule has 3 aromatic carbocycles. The molecule has 0 spiro atoms. The summed E-state index contributed by atoms with van der Waals surface area (Å²) in [4.78, 5) is 23.9. The van der Waals surface area contributed by atoms with Gasteiger partial charge in [-0.25, -0.2) is 5.43 Å². The van der Waals surface area contributed by atoms with E-state index in [1.165, 1.54) is 6.21 Å². The van der Waals surface area contributed by atoms with Crippen molar-refractivity contribution in [2.45, 2.75) is 26.4 Å². The van der Waals surface area contributed by atoms with Crippen LogP contribution >= 0.6 is 0 Å². The van der Waals surface area contributed by atoms with E-state index in [1.54, 1.807) is 7.11 Å². The minimum absolute atomic E-state index is 0.0488.